The molecule has 0 saturated carbocycles. The molecule has 3 rings (SSSR count). The fourth-order valence-corrected chi connectivity index (χ4v) is 4.34. The maximum atomic E-state index is 12.9. The molecule has 0 unspecified atom stereocenters. The van der Waals surface area contributed by atoms with Gasteiger partial charge in [-0.1, -0.05) is 30.3 Å². The Bertz CT molecular complexity index is 630. The highest BCUT2D eigenvalue weighted by atomic mass is 16.2. The molecule has 2 heterocycles. The molecule has 5 heteroatoms. The fourth-order valence-electron chi connectivity index (χ4n) is 4.34. The lowest BCUT2D eigenvalue weighted by atomic mass is 9.70. The van der Waals surface area contributed by atoms with Crippen LogP contribution in [-0.2, 0) is 15.0 Å². The molecule has 2 aliphatic rings. The Morgan fingerprint density at radius 3 is 2.08 bits per heavy atom. The van der Waals surface area contributed by atoms with Crippen molar-refractivity contribution in [3.8, 4) is 0 Å². The number of carbonyl (C=O) groups excluding carboxylic acids is 2. The van der Waals surface area contributed by atoms with Crippen molar-refractivity contribution in [2.75, 3.05) is 46.3 Å². The number of hydrogen-bond donors (Lipinski definition) is 0. The van der Waals surface area contributed by atoms with Gasteiger partial charge in [0, 0.05) is 39.3 Å². The quantitative estimate of drug-likeness (QED) is 0.824. The first-order valence-electron chi connectivity index (χ1n) is 9.72. The molecule has 0 aliphatic carbocycles. The third kappa shape index (κ3) is 3.69. The molecule has 142 valence electrons. The topological polar surface area (TPSA) is 43.9 Å². The summed E-state index contributed by atoms with van der Waals surface area (Å²) in [5.41, 5.74) is 0.721. The van der Waals surface area contributed by atoms with Crippen LogP contribution in [0.4, 0.5) is 0 Å². The second-order valence-corrected chi connectivity index (χ2v) is 7.84. The Morgan fingerprint density at radius 2 is 1.54 bits per heavy atom. The molecule has 1 amide bonds. The minimum absolute atomic E-state index is 0.112. The Morgan fingerprint density at radius 1 is 0.962 bits per heavy atom. The van der Waals surface area contributed by atoms with Crippen LogP contribution in [0, 0.1) is 0 Å². The number of amides is 1. The molecule has 26 heavy (non-hydrogen) atoms. The van der Waals surface area contributed by atoms with Crippen molar-refractivity contribution in [2.45, 2.75) is 38.1 Å². The highest BCUT2D eigenvalue weighted by Gasteiger charge is 2.42. The molecule has 0 aromatic heterocycles. The van der Waals surface area contributed by atoms with Crippen LogP contribution < -0.4 is 0 Å². The summed E-state index contributed by atoms with van der Waals surface area (Å²) in [4.78, 5) is 31.9. The summed E-state index contributed by atoms with van der Waals surface area (Å²) in [5.74, 6) is 0.467. The standard InChI is InChI=1S/C21H31N3O2/c1-17(20(26)24-15-13-22(3)14-16-24)23-11-9-21(10-12-23,18(2)25)19-7-5-4-6-8-19/h4-8,17H,9-16H2,1-3H3/t17-/m1/s1. The molecule has 2 saturated heterocycles. The number of hydrogen-bond acceptors (Lipinski definition) is 4. The minimum atomic E-state index is -0.394. The smallest absolute Gasteiger partial charge is 0.239 e. The van der Waals surface area contributed by atoms with Gasteiger partial charge in [-0.25, -0.2) is 0 Å². The molecule has 0 bridgehead atoms. The van der Waals surface area contributed by atoms with Gasteiger partial charge in [0.25, 0.3) is 0 Å². The normalized spacial score (nSPS) is 22.8. The number of ketones is 1. The summed E-state index contributed by atoms with van der Waals surface area (Å²) in [6.07, 6.45) is 1.57. The van der Waals surface area contributed by atoms with Crippen molar-refractivity contribution < 1.29 is 9.59 Å². The van der Waals surface area contributed by atoms with Crippen LogP contribution in [0.5, 0.6) is 0 Å². The lowest BCUT2D eigenvalue weighted by molar-refractivity contribution is -0.139. The van der Waals surface area contributed by atoms with E-state index >= 15 is 0 Å². The second kappa shape index (κ2) is 7.89. The van der Waals surface area contributed by atoms with Crippen molar-refractivity contribution in [2.24, 2.45) is 0 Å². The van der Waals surface area contributed by atoms with E-state index in [9.17, 15) is 9.59 Å². The lowest BCUT2D eigenvalue weighted by Gasteiger charge is -2.43. The largest absolute Gasteiger partial charge is 0.339 e. The van der Waals surface area contributed by atoms with E-state index in [1.54, 1.807) is 6.92 Å². The number of carbonyl (C=O) groups is 2. The third-order valence-electron chi connectivity index (χ3n) is 6.37. The molecule has 0 spiro atoms. The molecule has 2 fully saturated rings. The summed E-state index contributed by atoms with van der Waals surface area (Å²) >= 11 is 0. The molecule has 1 aromatic rings. The number of rotatable bonds is 4. The molecular weight excluding hydrogens is 326 g/mol. The van der Waals surface area contributed by atoms with Crippen molar-refractivity contribution in [1.29, 1.82) is 0 Å². The number of piperazine rings is 1. The average molecular weight is 357 g/mol. The summed E-state index contributed by atoms with van der Waals surface area (Å²) in [6, 6.07) is 10.0. The van der Waals surface area contributed by atoms with Crippen molar-refractivity contribution in [3.05, 3.63) is 35.9 Å². The average Bonchev–Trinajstić information content (AvgIpc) is 2.68. The second-order valence-electron chi connectivity index (χ2n) is 7.84. The van der Waals surface area contributed by atoms with Gasteiger partial charge in [0.1, 0.15) is 5.78 Å². The summed E-state index contributed by atoms with van der Waals surface area (Å²) < 4.78 is 0. The SMILES string of the molecule is CC(=O)C1(c2ccccc2)CCN([C@H](C)C(=O)N2CCN(C)CC2)CC1. The van der Waals surface area contributed by atoms with E-state index < -0.39 is 5.41 Å². The van der Waals surface area contributed by atoms with E-state index in [1.807, 2.05) is 30.0 Å². The van der Waals surface area contributed by atoms with E-state index in [0.29, 0.717) is 0 Å². The van der Waals surface area contributed by atoms with Crippen LogP contribution in [0.25, 0.3) is 0 Å². The van der Waals surface area contributed by atoms with Gasteiger partial charge in [-0.15, -0.1) is 0 Å². The first kappa shape index (κ1) is 19.1. The van der Waals surface area contributed by atoms with E-state index in [2.05, 4.69) is 29.0 Å². The molecule has 2 aliphatic heterocycles. The number of benzene rings is 1. The van der Waals surface area contributed by atoms with Gasteiger partial charge in [0.05, 0.1) is 11.5 Å². The lowest BCUT2D eigenvalue weighted by Crippen LogP contribution is -2.56. The van der Waals surface area contributed by atoms with Gasteiger partial charge < -0.3 is 9.80 Å². The Hall–Kier alpha value is -1.72. The zero-order valence-corrected chi connectivity index (χ0v) is 16.3. The molecule has 5 nitrogen and oxygen atoms in total. The fraction of sp³-hybridized carbons (Fsp3) is 0.619. The van der Waals surface area contributed by atoms with Gasteiger partial charge in [0.2, 0.25) is 5.91 Å². The highest BCUT2D eigenvalue weighted by molar-refractivity contribution is 5.88. The van der Waals surface area contributed by atoms with E-state index in [4.69, 9.17) is 0 Å². The third-order valence-corrected chi connectivity index (χ3v) is 6.37. The van der Waals surface area contributed by atoms with Gasteiger partial charge in [0.15, 0.2) is 0 Å². The van der Waals surface area contributed by atoms with Crippen molar-refractivity contribution >= 4 is 11.7 Å². The number of piperidine rings is 1. The number of Topliss-reactive ketones (excluding diaryl/α,β-unsaturated/α-hetero) is 1. The Kier molecular flexibility index (Phi) is 5.78. The molecular formula is C21H31N3O2. The Labute approximate surface area is 156 Å². The van der Waals surface area contributed by atoms with Crippen LogP contribution in [0.2, 0.25) is 0 Å². The molecule has 1 atom stereocenters. The van der Waals surface area contributed by atoms with Crippen LogP contribution in [0.15, 0.2) is 30.3 Å². The maximum Gasteiger partial charge on any atom is 0.239 e. The highest BCUT2D eigenvalue weighted by Crippen LogP contribution is 2.37. The van der Waals surface area contributed by atoms with Gasteiger partial charge in [-0.3, -0.25) is 14.5 Å². The first-order valence-corrected chi connectivity index (χ1v) is 9.72. The summed E-state index contributed by atoms with van der Waals surface area (Å²) in [5, 5.41) is 0. The van der Waals surface area contributed by atoms with Gasteiger partial charge in [-0.05, 0) is 39.3 Å². The number of nitrogens with zero attached hydrogens (tertiary/aromatic N) is 3. The zero-order chi connectivity index (χ0) is 18.7. The van der Waals surface area contributed by atoms with Gasteiger partial charge in [-0.2, -0.15) is 0 Å². The van der Waals surface area contributed by atoms with E-state index in [0.717, 1.165) is 57.7 Å². The summed E-state index contributed by atoms with van der Waals surface area (Å²) in [7, 11) is 2.10. The summed E-state index contributed by atoms with van der Waals surface area (Å²) in [6.45, 7) is 8.82. The molecule has 1 aromatic carbocycles. The number of likely N-dealkylation sites (N-methyl/N-ethyl adjacent to an activating group) is 1. The van der Waals surface area contributed by atoms with E-state index in [1.165, 1.54) is 0 Å². The maximum absolute atomic E-state index is 12.9. The minimum Gasteiger partial charge on any atom is -0.339 e. The van der Waals surface area contributed by atoms with Crippen LogP contribution in [0.1, 0.15) is 32.3 Å². The predicted molar refractivity (Wildman–Crippen MR) is 103 cm³/mol. The van der Waals surface area contributed by atoms with Crippen LogP contribution >= 0.6 is 0 Å². The zero-order valence-electron chi connectivity index (χ0n) is 16.3. The predicted octanol–water partition coefficient (Wildman–Crippen LogP) is 1.77. The Balaban J connectivity index is 1.65. The van der Waals surface area contributed by atoms with Crippen LogP contribution in [0.3, 0.4) is 0 Å². The molecule has 0 N–H and O–H groups in total. The first-order chi connectivity index (χ1) is 12.4. The van der Waals surface area contributed by atoms with E-state index in [-0.39, 0.29) is 17.7 Å². The van der Waals surface area contributed by atoms with Crippen molar-refractivity contribution in [1.82, 2.24) is 14.7 Å². The van der Waals surface area contributed by atoms with Gasteiger partial charge >= 0.3 is 0 Å². The monoisotopic (exact) mass is 357 g/mol. The molecule has 0 radical (unpaired) electrons. The van der Waals surface area contributed by atoms with Crippen LogP contribution in [-0.4, -0.2) is 78.7 Å². The number of likely N-dealkylation sites (tertiary alicyclic amines) is 1. The van der Waals surface area contributed by atoms with Crippen molar-refractivity contribution in [3.63, 3.8) is 0 Å².